The number of nitrogens with one attached hydrogen (secondary N) is 2. The van der Waals surface area contributed by atoms with Crippen molar-refractivity contribution in [2.24, 2.45) is 0 Å². The molecular formula is C17H13ClN2O3. The highest BCUT2D eigenvalue weighted by Gasteiger charge is 2.04. The van der Waals surface area contributed by atoms with Crippen LogP contribution < -0.4 is 11.1 Å². The van der Waals surface area contributed by atoms with Crippen molar-refractivity contribution < 1.29 is 9.21 Å². The zero-order chi connectivity index (χ0) is 16.4. The van der Waals surface area contributed by atoms with Crippen LogP contribution in [0.25, 0.3) is 17.2 Å². The molecule has 1 heterocycles. The second kappa shape index (κ2) is 6.14. The quantitative estimate of drug-likeness (QED) is 0.719. The smallest absolute Gasteiger partial charge is 0.408 e. The van der Waals surface area contributed by atoms with Gasteiger partial charge in [-0.1, -0.05) is 23.7 Å². The number of carbonyl (C=O) groups excluding carboxylic acids is 1. The lowest BCUT2D eigenvalue weighted by molar-refractivity contribution is -0.111. The maximum atomic E-state index is 12.0. The molecule has 0 atom stereocenters. The van der Waals surface area contributed by atoms with E-state index in [1.807, 2.05) is 13.0 Å². The average Bonchev–Trinajstić information content (AvgIpc) is 2.88. The molecule has 0 saturated carbocycles. The summed E-state index contributed by atoms with van der Waals surface area (Å²) in [4.78, 5) is 25.7. The monoisotopic (exact) mass is 328 g/mol. The minimum absolute atomic E-state index is 0.267. The molecule has 1 aromatic heterocycles. The van der Waals surface area contributed by atoms with E-state index in [2.05, 4.69) is 10.3 Å². The number of fused-ring (bicyclic) bond motifs is 1. The first-order valence-electron chi connectivity index (χ1n) is 6.89. The third-order valence-electron chi connectivity index (χ3n) is 3.33. The number of anilines is 1. The van der Waals surface area contributed by atoms with Crippen molar-refractivity contribution in [2.75, 3.05) is 5.32 Å². The Bertz CT molecular complexity index is 969. The summed E-state index contributed by atoms with van der Waals surface area (Å²) >= 11 is 5.92. The molecule has 3 rings (SSSR count). The van der Waals surface area contributed by atoms with Crippen LogP contribution in [0.15, 0.2) is 51.7 Å². The number of amides is 1. The van der Waals surface area contributed by atoms with Crippen LogP contribution in [0.2, 0.25) is 5.02 Å². The number of H-pyrrole nitrogens is 1. The normalized spacial score (nSPS) is 11.2. The maximum Gasteiger partial charge on any atom is 0.417 e. The van der Waals surface area contributed by atoms with Gasteiger partial charge in [0.15, 0.2) is 5.58 Å². The molecule has 23 heavy (non-hydrogen) atoms. The SMILES string of the molecule is Cc1ccc(Cl)cc1NC(=O)/C=C/c1ccc2oc(=O)[nH]c2c1. The molecule has 0 spiro atoms. The number of aromatic nitrogens is 1. The van der Waals surface area contributed by atoms with Crippen molar-refractivity contribution in [1.82, 2.24) is 4.98 Å². The number of carbonyl (C=O) groups is 1. The fraction of sp³-hybridized carbons (Fsp3) is 0.0588. The first-order valence-corrected chi connectivity index (χ1v) is 7.27. The highest BCUT2D eigenvalue weighted by molar-refractivity contribution is 6.31. The molecule has 0 aliphatic rings. The van der Waals surface area contributed by atoms with Crippen LogP contribution in [0.3, 0.4) is 0 Å². The van der Waals surface area contributed by atoms with Crippen molar-refractivity contribution in [1.29, 1.82) is 0 Å². The molecular weight excluding hydrogens is 316 g/mol. The Morgan fingerprint density at radius 3 is 2.91 bits per heavy atom. The van der Waals surface area contributed by atoms with Gasteiger partial charge in [0.05, 0.1) is 5.52 Å². The molecule has 6 heteroatoms. The summed E-state index contributed by atoms with van der Waals surface area (Å²) in [6.45, 7) is 1.89. The largest absolute Gasteiger partial charge is 0.417 e. The van der Waals surface area contributed by atoms with Gasteiger partial charge >= 0.3 is 5.76 Å². The Morgan fingerprint density at radius 1 is 1.26 bits per heavy atom. The van der Waals surface area contributed by atoms with Gasteiger partial charge < -0.3 is 9.73 Å². The van der Waals surface area contributed by atoms with Crippen LogP contribution in [0, 0.1) is 6.92 Å². The molecule has 0 bridgehead atoms. The summed E-state index contributed by atoms with van der Waals surface area (Å²) < 4.78 is 4.92. The minimum atomic E-state index is -0.504. The van der Waals surface area contributed by atoms with Crippen molar-refractivity contribution in [3.63, 3.8) is 0 Å². The van der Waals surface area contributed by atoms with Gasteiger partial charge in [0, 0.05) is 16.8 Å². The number of benzene rings is 2. The highest BCUT2D eigenvalue weighted by Crippen LogP contribution is 2.20. The van der Waals surface area contributed by atoms with Crippen LogP contribution in [0.1, 0.15) is 11.1 Å². The molecule has 0 radical (unpaired) electrons. The van der Waals surface area contributed by atoms with Crippen LogP contribution in [-0.2, 0) is 4.79 Å². The van der Waals surface area contributed by atoms with Crippen molar-refractivity contribution in [2.45, 2.75) is 6.92 Å². The van der Waals surface area contributed by atoms with E-state index in [-0.39, 0.29) is 5.91 Å². The second-order valence-corrected chi connectivity index (χ2v) is 5.49. The fourth-order valence-electron chi connectivity index (χ4n) is 2.15. The standard InChI is InChI=1S/C17H13ClN2O3/c1-10-2-5-12(18)9-13(10)19-16(21)7-4-11-3-6-15-14(8-11)20-17(22)23-15/h2-9H,1H3,(H,19,21)(H,20,22)/b7-4+. The molecule has 0 saturated heterocycles. The van der Waals surface area contributed by atoms with Gasteiger partial charge in [-0.05, 0) is 48.4 Å². The van der Waals surface area contributed by atoms with Gasteiger partial charge in [-0.2, -0.15) is 0 Å². The van der Waals surface area contributed by atoms with Crippen molar-refractivity contribution in [3.8, 4) is 0 Å². The van der Waals surface area contributed by atoms with Gasteiger partial charge in [0.1, 0.15) is 0 Å². The number of rotatable bonds is 3. The van der Waals surface area contributed by atoms with E-state index in [1.165, 1.54) is 6.08 Å². The number of aromatic amines is 1. The second-order valence-electron chi connectivity index (χ2n) is 5.05. The average molecular weight is 329 g/mol. The van der Waals surface area contributed by atoms with Crippen LogP contribution in [0.4, 0.5) is 5.69 Å². The van der Waals surface area contributed by atoms with E-state index in [0.29, 0.717) is 21.8 Å². The lowest BCUT2D eigenvalue weighted by Gasteiger charge is -2.06. The van der Waals surface area contributed by atoms with E-state index in [1.54, 1.807) is 36.4 Å². The third-order valence-corrected chi connectivity index (χ3v) is 3.56. The van der Waals surface area contributed by atoms with Crippen LogP contribution in [0.5, 0.6) is 0 Å². The topological polar surface area (TPSA) is 75.1 Å². The van der Waals surface area contributed by atoms with Gasteiger partial charge in [-0.15, -0.1) is 0 Å². The summed E-state index contributed by atoms with van der Waals surface area (Å²) in [6, 6.07) is 10.5. The summed E-state index contributed by atoms with van der Waals surface area (Å²) in [6.07, 6.45) is 3.07. The van der Waals surface area contributed by atoms with E-state index in [0.717, 1.165) is 11.1 Å². The number of hydrogen-bond donors (Lipinski definition) is 2. The number of oxazole rings is 1. The van der Waals surface area contributed by atoms with Crippen LogP contribution >= 0.6 is 11.6 Å². The molecule has 1 amide bonds. The maximum absolute atomic E-state index is 12.0. The molecule has 3 aromatic rings. The lowest BCUT2D eigenvalue weighted by atomic mass is 10.2. The molecule has 0 aliphatic carbocycles. The highest BCUT2D eigenvalue weighted by atomic mass is 35.5. The molecule has 0 unspecified atom stereocenters. The van der Waals surface area contributed by atoms with Crippen molar-refractivity contribution >= 4 is 40.4 Å². The first kappa shape index (κ1) is 15.1. The first-order chi connectivity index (χ1) is 11.0. The van der Waals surface area contributed by atoms with Gasteiger partial charge in [-0.25, -0.2) is 4.79 Å². The summed E-state index contributed by atoms with van der Waals surface area (Å²) in [5.41, 5.74) is 3.43. The molecule has 5 nitrogen and oxygen atoms in total. The zero-order valence-corrected chi connectivity index (χ0v) is 13.0. The summed E-state index contributed by atoms with van der Waals surface area (Å²) in [5, 5.41) is 3.34. The molecule has 2 N–H and O–H groups in total. The lowest BCUT2D eigenvalue weighted by Crippen LogP contribution is -2.08. The van der Waals surface area contributed by atoms with E-state index in [4.69, 9.17) is 16.0 Å². The number of hydrogen-bond acceptors (Lipinski definition) is 3. The van der Waals surface area contributed by atoms with E-state index < -0.39 is 5.76 Å². The number of aryl methyl sites for hydroxylation is 1. The van der Waals surface area contributed by atoms with Gasteiger partial charge in [0.2, 0.25) is 5.91 Å². The summed E-state index contributed by atoms with van der Waals surface area (Å²) in [7, 11) is 0. The molecule has 116 valence electrons. The molecule has 0 fully saturated rings. The Morgan fingerprint density at radius 2 is 2.09 bits per heavy atom. The van der Waals surface area contributed by atoms with Gasteiger partial charge in [0.25, 0.3) is 0 Å². The third kappa shape index (κ3) is 3.52. The van der Waals surface area contributed by atoms with E-state index in [9.17, 15) is 9.59 Å². The Kier molecular flexibility index (Phi) is 4.04. The zero-order valence-electron chi connectivity index (χ0n) is 12.2. The molecule has 2 aromatic carbocycles. The Hall–Kier alpha value is -2.79. The van der Waals surface area contributed by atoms with Gasteiger partial charge in [-0.3, -0.25) is 9.78 Å². The minimum Gasteiger partial charge on any atom is -0.408 e. The Labute approximate surface area is 136 Å². The summed E-state index contributed by atoms with van der Waals surface area (Å²) in [5.74, 6) is -0.772. The predicted octanol–water partition coefficient (Wildman–Crippen LogP) is 3.73. The molecule has 0 aliphatic heterocycles. The number of halogens is 1. The van der Waals surface area contributed by atoms with Crippen molar-refractivity contribution in [3.05, 3.63) is 69.2 Å². The van der Waals surface area contributed by atoms with Crippen LogP contribution in [-0.4, -0.2) is 10.9 Å². The van der Waals surface area contributed by atoms with E-state index >= 15 is 0 Å². The fourth-order valence-corrected chi connectivity index (χ4v) is 2.32. The Balaban J connectivity index is 1.76. The predicted molar refractivity (Wildman–Crippen MR) is 90.7 cm³/mol.